The van der Waals surface area contributed by atoms with Crippen molar-refractivity contribution in [1.29, 1.82) is 0 Å². The summed E-state index contributed by atoms with van der Waals surface area (Å²) < 4.78 is 29.9. The molecule has 78 valence electrons. The molecule has 1 aliphatic carbocycles. The monoisotopic (exact) mass is 202 g/mol. The standard InChI is InChI=1S/C10H12F2O2/c1-2-14-10(13)4-3-7-5-8(11)9(12)6-7/h3-5,8-9H,2,6H2,1H3/b4-3-/t8-,9+/m0/s1. The van der Waals surface area contributed by atoms with E-state index in [4.69, 9.17) is 0 Å². The fraction of sp³-hybridized carbons (Fsp3) is 0.500. The molecule has 0 N–H and O–H groups in total. The van der Waals surface area contributed by atoms with E-state index in [0.29, 0.717) is 12.2 Å². The Bertz CT molecular complexity index is 271. The molecule has 0 saturated heterocycles. The second-order valence-electron chi connectivity index (χ2n) is 2.99. The van der Waals surface area contributed by atoms with Crippen LogP contribution in [0.5, 0.6) is 0 Å². The molecule has 0 bridgehead atoms. The molecule has 14 heavy (non-hydrogen) atoms. The zero-order valence-corrected chi connectivity index (χ0v) is 7.87. The van der Waals surface area contributed by atoms with Gasteiger partial charge in [-0.05, 0) is 18.6 Å². The zero-order chi connectivity index (χ0) is 10.6. The van der Waals surface area contributed by atoms with Crippen molar-refractivity contribution in [3.05, 3.63) is 23.8 Å². The number of ether oxygens (including phenoxy) is 1. The van der Waals surface area contributed by atoms with E-state index in [-0.39, 0.29) is 6.42 Å². The highest BCUT2D eigenvalue weighted by Gasteiger charge is 2.25. The molecular weight excluding hydrogens is 190 g/mol. The van der Waals surface area contributed by atoms with Gasteiger partial charge < -0.3 is 4.74 Å². The lowest BCUT2D eigenvalue weighted by atomic mass is 10.2. The van der Waals surface area contributed by atoms with E-state index in [0.717, 1.165) is 0 Å². The molecule has 1 rings (SSSR count). The van der Waals surface area contributed by atoms with Crippen LogP contribution in [-0.2, 0) is 9.53 Å². The third-order valence-corrected chi connectivity index (χ3v) is 1.87. The van der Waals surface area contributed by atoms with E-state index in [2.05, 4.69) is 4.74 Å². The molecule has 0 heterocycles. The molecule has 0 saturated carbocycles. The Morgan fingerprint density at radius 2 is 2.43 bits per heavy atom. The summed E-state index contributed by atoms with van der Waals surface area (Å²) in [5.41, 5.74) is 0.498. The first kappa shape index (κ1) is 10.9. The maximum Gasteiger partial charge on any atom is 0.330 e. The van der Waals surface area contributed by atoms with Crippen molar-refractivity contribution in [2.45, 2.75) is 25.7 Å². The van der Waals surface area contributed by atoms with E-state index in [1.165, 1.54) is 18.2 Å². The third-order valence-electron chi connectivity index (χ3n) is 1.87. The highest BCUT2D eigenvalue weighted by atomic mass is 19.2. The SMILES string of the molecule is CCOC(=O)/C=C\C1=C[C@H](F)[C@H](F)C1. The molecule has 0 radical (unpaired) electrons. The van der Waals surface area contributed by atoms with Crippen molar-refractivity contribution in [2.75, 3.05) is 6.61 Å². The summed E-state index contributed by atoms with van der Waals surface area (Å²) in [6.07, 6.45) is 0.760. The molecule has 4 heteroatoms. The second kappa shape index (κ2) is 4.88. The summed E-state index contributed by atoms with van der Waals surface area (Å²) in [7, 11) is 0. The van der Waals surface area contributed by atoms with Crippen LogP contribution in [0.3, 0.4) is 0 Å². The summed E-state index contributed by atoms with van der Waals surface area (Å²) in [5, 5.41) is 0. The summed E-state index contributed by atoms with van der Waals surface area (Å²) in [4.78, 5) is 10.8. The van der Waals surface area contributed by atoms with Crippen LogP contribution in [-0.4, -0.2) is 24.9 Å². The number of allylic oxidation sites excluding steroid dienone is 3. The van der Waals surface area contributed by atoms with Crippen LogP contribution in [0, 0.1) is 0 Å². The van der Waals surface area contributed by atoms with Gasteiger partial charge in [-0.1, -0.05) is 6.08 Å². The van der Waals surface area contributed by atoms with E-state index in [1.54, 1.807) is 6.92 Å². The lowest BCUT2D eigenvalue weighted by Crippen LogP contribution is -2.07. The van der Waals surface area contributed by atoms with Crippen molar-refractivity contribution in [3.8, 4) is 0 Å². The zero-order valence-electron chi connectivity index (χ0n) is 7.87. The Hall–Kier alpha value is -1.19. The minimum atomic E-state index is -1.54. The van der Waals surface area contributed by atoms with Crippen molar-refractivity contribution in [2.24, 2.45) is 0 Å². The van der Waals surface area contributed by atoms with Gasteiger partial charge in [-0.2, -0.15) is 0 Å². The predicted molar refractivity (Wildman–Crippen MR) is 48.3 cm³/mol. The maximum absolute atomic E-state index is 12.7. The fourth-order valence-corrected chi connectivity index (χ4v) is 1.20. The average molecular weight is 202 g/mol. The van der Waals surface area contributed by atoms with Crippen molar-refractivity contribution in [3.63, 3.8) is 0 Å². The molecule has 0 amide bonds. The molecule has 0 aliphatic heterocycles. The van der Waals surface area contributed by atoms with E-state index >= 15 is 0 Å². The molecule has 0 fully saturated rings. The van der Waals surface area contributed by atoms with Gasteiger partial charge in [0.15, 0.2) is 6.17 Å². The van der Waals surface area contributed by atoms with Crippen LogP contribution in [0.4, 0.5) is 8.78 Å². The summed E-state index contributed by atoms with van der Waals surface area (Å²) in [6.45, 7) is 1.98. The lowest BCUT2D eigenvalue weighted by Gasteiger charge is -1.98. The molecule has 0 aromatic carbocycles. The lowest BCUT2D eigenvalue weighted by molar-refractivity contribution is -0.137. The number of halogens is 2. The molecule has 2 atom stereocenters. The van der Waals surface area contributed by atoms with Gasteiger partial charge in [0.1, 0.15) is 6.17 Å². The van der Waals surface area contributed by atoms with Gasteiger partial charge >= 0.3 is 5.97 Å². The highest BCUT2D eigenvalue weighted by molar-refractivity contribution is 5.82. The number of carbonyl (C=O) groups is 1. The van der Waals surface area contributed by atoms with Crippen LogP contribution >= 0.6 is 0 Å². The van der Waals surface area contributed by atoms with Gasteiger partial charge in [0, 0.05) is 12.5 Å². The van der Waals surface area contributed by atoms with Gasteiger partial charge in [-0.25, -0.2) is 13.6 Å². The first-order valence-electron chi connectivity index (χ1n) is 4.47. The highest BCUT2D eigenvalue weighted by Crippen LogP contribution is 2.25. The quantitative estimate of drug-likeness (QED) is 0.517. The van der Waals surface area contributed by atoms with Crippen molar-refractivity contribution in [1.82, 2.24) is 0 Å². The Kier molecular flexibility index (Phi) is 3.80. The van der Waals surface area contributed by atoms with E-state index < -0.39 is 18.3 Å². The number of carbonyl (C=O) groups excluding carboxylic acids is 1. The smallest absolute Gasteiger partial charge is 0.330 e. The Morgan fingerprint density at radius 3 is 2.93 bits per heavy atom. The number of hydrogen-bond acceptors (Lipinski definition) is 2. The van der Waals surface area contributed by atoms with Gasteiger partial charge in [0.25, 0.3) is 0 Å². The van der Waals surface area contributed by atoms with Crippen molar-refractivity contribution >= 4 is 5.97 Å². The minimum Gasteiger partial charge on any atom is -0.463 e. The molecular formula is C10H12F2O2. The fourth-order valence-electron chi connectivity index (χ4n) is 1.20. The molecule has 0 aromatic heterocycles. The van der Waals surface area contributed by atoms with Gasteiger partial charge in [-0.3, -0.25) is 0 Å². The predicted octanol–water partition coefficient (Wildman–Crippen LogP) is 2.11. The average Bonchev–Trinajstić information content (AvgIpc) is 2.44. The van der Waals surface area contributed by atoms with E-state index in [1.807, 2.05) is 0 Å². The van der Waals surface area contributed by atoms with Gasteiger partial charge in [0.2, 0.25) is 0 Å². The van der Waals surface area contributed by atoms with Crippen LogP contribution in [0.1, 0.15) is 13.3 Å². The molecule has 1 aliphatic rings. The number of rotatable bonds is 3. The Morgan fingerprint density at radius 1 is 1.71 bits per heavy atom. The van der Waals surface area contributed by atoms with Gasteiger partial charge in [0.05, 0.1) is 6.61 Å². The first-order chi connectivity index (χ1) is 6.63. The normalized spacial score (nSPS) is 26.6. The van der Waals surface area contributed by atoms with Crippen LogP contribution in [0.15, 0.2) is 23.8 Å². The largest absolute Gasteiger partial charge is 0.463 e. The van der Waals surface area contributed by atoms with Crippen LogP contribution < -0.4 is 0 Å². The van der Waals surface area contributed by atoms with Crippen LogP contribution in [0.2, 0.25) is 0 Å². The molecule has 2 nitrogen and oxygen atoms in total. The van der Waals surface area contributed by atoms with Crippen LogP contribution in [0.25, 0.3) is 0 Å². The molecule has 0 spiro atoms. The number of hydrogen-bond donors (Lipinski definition) is 0. The topological polar surface area (TPSA) is 26.3 Å². The maximum atomic E-state index is 12.7. The second-order valence-corrected chi connectivity index (χ2v) is 2.99. The summed E-state index contributed by atoms with van der Waals surface area (Å²) in [5.74, 6) is -0.494. The Balaban J connectivity index is 2.46. The van der Waals surface area contributed by atoms with Gasteiger partial charge in [-0.15, -0.1) is 0 Å². The third kappa shape index (κ3) is 2.94. The summed E-state index contributed by atoms with van der Waals surface area (Å²) in [6, 6.07) is 0. The summed E-state index contributed by atoms with van der Waals surface area (Å²) >= 11 is 0. The first-order valence-corrected chi connectivity index (χ1v) is 4.47. The minimum absolute atomic E-state index is 0.0249. The molecule has 0 aromatic rings. The van der Waals surface area contributed by atoms with Crippen molar-refractivity contribution < 1.29 is 18.3 Å². The van der Waals surface area contributed by atoms with E-state index in [9.17, 15) is 13.6 Å². The number of esters is 1. The number of alkyl halides is 2. The molecule has 0 unspecified atom stereocenters. The Labute approximate surface area is 81.2 Å².